The smallest absolute Gasteiger partial charge is 0.320 e. The predicted octanol–water partition coefficient (Wildman–Crippen LogP) is 3.24. The average molecular weight is 363 g/mol. The monoisotopic (exact) mass is 363 g/mol. The number of nitrogens with zero attached hydrogens (tertiary/aromatic N) is 2. The van der Waals surface area contributed by atoms with Crippen LogP contribution >= 0.6 is 0 Å². The van der Waals surface area contributed by atoms with Crippen LogP contribution in [0.1, 0.15) is 6.42 Å². The Kier molecular flexibility index (Phi) is 5.84. The van der Waals surface area contributed by atoms with Gasteiger partial charge < -0.3 is 10.6 Å². The zero-order valence-corrected chi connectivity index (χ0v) is 15.0. The zero-order chi connectivity index (χ0) is 19.1. The molecule has 3 aromatic rings. The molecule has 0 aliphatic rings. The van der Waals surface area contributed by atoms with Crippen molar-refractivity contribution in [1.29, 1.82) is 0 Å². The van der Waals surface area contributed by atoms with Crippen LogP contribution in [0, 0.1) is 0 Å². The molecule has 7 heteroatoms. The molecular weight excluding hydrogens is 342 g/mol. The number of benzene rings is 2. The Hall–Kier alpha value is -3.61. The van der Waals surface area contributed by atoms with Gasteiger partial charge in [0.15, 0.2) is 5.82 Å². The van der Waals surface area contributed by atoms with Crippen molar-refractivity contribution in [2.75, 3.05) is 17.2 Å². The quantitative estimate of drug-likeness (QED) is 0.628. The maximum Gasteiger partial charge on any atom is 0.320 e. The maximum absolute atomic E-state index is 12.1. The third-order valence-corrected chi connectivity index (χ3v) is 3.84. The molecule has 3 N–H and O–H groups in total. The lowest BCUT2D eigenvalue weighted by Gasteiger charge is -2.08. The molecular formula is C20H21N5O2. The summed E-state index contributed by atoms with van der Waals surface area (Å²) in [6.45, 7) is 0.220. The molecule has 0 aliphatic heterocycles. The van der Waals surface area contributed by atoms with E-state index >= 15 is 0 Å². The van der Waals surface area contributed by atoms with Crippen LogP contribution in [0.3, 0.4) is 0 Å². The number of aromatic nitrogens is 2. The molecule has 7 nitrogen and oxygen atoms in total. The molecule has 0 spiro atoms. The highest BCUT2D eigenvalue weighted by atomic mass is 16.2. The van der Waals surface area contributed by atoms with E-state index in [1.807, 2.05) is 66.9 Å². The van der Waals surface area contributed by atoms with E-state index in [2.05, 4.69) is 21.0 Å². The third-order valence-electron chi connectivity index (χ3n) is 3.84. The van der Waals surface area contributed by atoms with Gasteiger partial charge in [0.05, 0.1) is 0 Å². The summed E-state index contributed by atoms with van der Waals surface area (Å²) in [6, 6.07) is 18.5. The fourth-order valence-corrected chi connectivity index (χ4v) is 2.60. The van der Waals surface area contributed by atoms with Gasteiger partial charge >= 0.3 is 6.03 Å². The Labute approximate surface area is 157 Å². The van der Waals surface area contributed by atoms with Gasteiger partial charge in [0, 0.05) is 37.5 Å². The number of hydrogen-bond acceptors (Lipinski definition) is 3. The lowest BCUT2D eigenvalue weighted by atomic mass is 10.1. The lowest BCUT2D eigenvalue weighted by molar-refractivity contribution is -0.116. The molecule has 0 atom stereocenters. The summed E-state index contributed by atoms with van der Waals surface area (Å²) in [4.78, 5) is 24.0. The molecule has 0 unspecified atom stereocenters. The normalized spacial score (nSPS) is 10.3. The van der Waals surface area contributed by atoms with Gasteiger partial charge in [-0.25, -0.2) is 4.79 Å². The van der Waals surface area contributed by atoms with E-state index in [0.717, 1.165) is 16.8 Å². The SMILES string of the molecule is Cn1cc(-c2ccccc2)c(NC(=O)NCCC(=O)Nc2ccccc2)n1. The van der Waals surface area contributed by atoms with E-state index < -0.39 is 6.03 Å². The van der Waals surface area contributed by atoms with Crippen molar-refractivity contribution in [3.63, 3.8) is 0 Å². The van der Waals surface area contributed by atoms with Crippen LogP contribution in [-0.2, 0) is 11.8 Å². The highest BCUT2D eigenvalue weighted by molar-refractivity contribution is 5.94. The van der Waals surface area contributed by atoms with Crippen molar-refractivity contribution in [1.82, 2.24) is 15.1 Å². The molecule has 3 rings (SSSR count). The number of rotatable bonds is 6. The Morgan fingerprint density at radius 2 is 1.63 bits per heavy atom. The fraction of sp³-hybridized carbons (Fsp3) is 0.150. The number of anilines is 2. The summed E-state index contributed by atoms with van der Waals surface area (Å²) < 4.78 is 1.64. The number of hydrogen-bond donors (Lipinski definition) is 3. The number of amides is 3. The van der Waals surface area contributed by atoms with E-state index in [0.29, 0.717) is 5.82 Å². The first kappa shape index (κ1) is 18.2. The number of para-hydroxylation sites is 1. The number of nitrogens with one attached hydrogen (secondary N) is 3. The molecule has 0 bridgehead atoms. The molecule has 2 aromatic carbocycles. The Morgan fingerprint density at radius 1 is 0.963 bits per heavy atom. The van der Waals surface area contributed by atoms with E-state index in [1.165, 1.54) is 0 Å². The summed E-state index contributed by atoms with van der Waals surface area (Å²) in [5, 5.41) is 12.5. The highest BCUT2D eigenvalue weighted by Gasteiger charge is 2.13. The molecule has 0 radical (unpaired) electrons. The zero-order valence-electron chi connectivity index (χ0n) is 15.0. The summed E-state index contributed by atoms with van der Waals surface area (Å²) in [5.41, 5.74) is 2.52. The molecule has 0 aliphatic carbocycles. The summed E-state index contributed by atoms with van der Waals surface area (Å²) in [7, 11) is 1.80. The standard InChI is InChI=1S/C20H21N5O2/c1-25-14-17(15-8-4-2-5-9-15)19(24-25)23-20(27)21-13-12-18(26)22-16-10-6-3-7-11-16/h2-11,14H,12-13H2,1H3,(H,22,26)(H2,21,23,24,27). The molecule has 3 amide bonds. The fourth-order valence-electron chi connectivity index (χ4n) is 2.60. The number of carbonyl (C=O) groups is 2. The van der Waals surface area contributed by atoms with Gasteiger partial charge in [-0.1, -0.05) is 48.5 Å². The molecule has 0 saturated heterocycles. The second-order valence-electron chi connectivity index (χ2n) is 5.98. The van der Waals surface area contributed by atoms with Gasteiger partial charge in [-0.05, 0) is 17.7 Å². The molecule has 0 fully saturated rings. The number of urea groups is 1. The minimum Gasteiger partial charge on any atom is -0.337 e. The number of aryl methyl sites for hydroxylation is 1. The van der Waals surface area contributed by atoms with Crippen molar-refractivity contribution in [2.24, 2.45) is 7.05 Å². The Morgan fingerprint density at radius 3 is 2.33 bits per heavy atom. The molecule has 27 heavy (non-hydrogen) atoms. The van der Waals surface area contributed by atoms with E-state index in [-0.39, 0.29) is 18.9 Å². The van der Waals surface area contributed by atoms with Gasteiger partial charge in [0.25, 0.3) is 0 Å². The maximum atomic E-state index is 12.1. The van der Waals surface area contributed by atoms with Crippen LogP contribution in [0.25, 0.3) is 11.1 Å². The Balaban J connectivity index is 1.51. The minimum absolute atomic E-state index is 0.163. The third kappa shape index (κ3) is 5.18. The van der Waals surface area contributed by atoms with Crippen molar-refractivity contribution >= 4 is 23.4 Å². The average Bonchev–Trinajstić information content (AvgIpc) is 3.03. The second-order valence-corrected chi connectivity index (χ2v) is 5.98. The summed E-state index contributed by atoms with van der Waals surface area (Å²) >= 11 is 0. The van der Waals surface area contributed by atoms with E-state index in [1.54, 1.807) is 11.7 Å². The van der Waals surface area contributed by atoms with Crippen LogP contribution in [0.5, 0.6) is 0 Å². The van der Waals surface area contributed by atoms with Gasteiger partial charge in [0.1, 0.15) is 0 Å². The van der Waals surface area contributed by atoms with E-state index in [9.17, 15) is 9.59 Å². The first-order valence-electron chi connectivity index (χ1n) is 8.60. The highest BCUT2D eigenvalue weighted by Crippen LogP contribution is 2.26. The van der Waals surface area contributed by atoms with Crippen LogP contribution in [-0.4, -0.2) is 28.3 Å². The van der Waals surface area contributed by atoms with Crippen molar-refractivity contribution in [3.05, 3.63) is 66.9 Å². The van der Waals surface area contributed by atoms with Gasteiger partial charge in [-0.2, -0.15) is 5.10 Å². The van der Waals surface area contributed by atoms with Crippen LogP contribution in [0.2, 0.25) is 0 Å². The molecule has 1 aromatic heterocycles. The topological polar surface area (TPSA) is 88.0 Å². The molecule has 138 valence electrons. The first-order valence-corrected chi connectivity index (χ1v) is 8.60. The lowest BCUT2D eigenvalue weighted by Crippen LogP contribution is -2.31. The van der Waals surface area contributed by atoms with Crippen molar-refractivity contribution in [3.8, 4) is 11.1 Å². The van der Waals surface area contributed by atoms with Crippen LogP contribution in [0.4, 0.5) is 16.3 Å². The van der Waals surface area contributed by atoms with Gasteiger partial charge in [0.2, 0.25) is 5.91 Å². The predicted molar refractivity (Wildman–Crippen MR) is 105 cm³/mol. The molecule has 0 saturated carbocycles. The summed E-state index contributed by atoms with van der Waals surface area (Å²) in [5.74, 6) is 0.305. The summed E-state index contributed by atoms with van der Waals surface area (Å²) in [6.07, 6.45) is 2.02. The van der Waals surface area contributed by atoms with Crippen LogP contribution < -0.4 is 16.0 Å². The number of carbonyl (C=O) groups excluding carboxylic acids is 2. The molecule has 1 heterocycles. The Bertz CT molecular complexity index is 907. The van der Waals surface area contributed by atoms with Crippen molar-refractivity contribution < 1.29 is 9.59 Å². The van der Waals surface area contributed by atoms with Crippen molar-refractivity contribution in [2.45, 2.75) is 6.42 Å². The second kappa shape index (κ2) is 8.66. The minimum atomic E-state index is -0.404. The van der Waals surface area contributed by atoms with Gasteiger partial charge in [-0.15, -0.1) is 0 Å². The largest absolute Gasteiger partial charge is 0.337 e. The first-order chi connectivity index (χ1) is 13.1. The van der Waals surface area contributed by atoms with Crippen LogP contribution in [0.15, 0.2) is 66.9 Å². The van der Waals surface area contributed by atoms with Gasteiger partial charge in [-0.3, -0.25) is 14.8 Å². The van der Waals surface area contributed by atoms with E-state index in [4.69, 9.17) is 0 Å².